The summed E-state index contributed by atoms with van der Waals surface area (Å²) in [5.74, 6) is -0.00259. The largest absolute Gasteiger partial charge is 0.385 e. The van der Waals surface area contributed by atoms with E-state index in [1.54, 1.807) is 6.20 Å². The third-order valence-electron chi connectivity index (χ3n) is 4.58. The Labute approximate surface area is 126 Å². The molecule has 3 rings (SSSR count). The van der Waals surface area contributed by atoms with Crippen molar-refractivity contribution >= 4 is 11.6 Å². The van der Waals surface area contributed by atoms with Gasteiger partial charge in [0.25, 0.3) is 5.91 Å². The van der Waals surface area contributed by atoms with E-state index < -0.39 is 0 Å². The minimum absolute atomic E-state index is 0.00259. The van der Waals surface area contributed by atoms with Crippen molar-refractivity contribution in [1.29, 1.82) is 0 Å². The molecule has 3 heterocycles. The van der Waals surface area contributed by atoms with Crippen LogP contribution in [0.5, 0.6) is 0 Å². The van der Waals surface area contributed by atoms with Gasteiger partial charge in [-0.2, -0.15) is 0 Å². The molecule has 1 aromatic heterocycles. The first kappa shape index (κ1) is 14.3. The van der Waals surface area contributed by atoms with Crippen LogP contribution in [0.1, 0.15) is 42.2 Å². The van der Waals surface area contributed by atoms with Crippen LogP contribution in [0.2, 0.25) is 0 Å². The molecule has 21 heavy (non-hydrogen) atoms. The first-order valence-corrected chi connectivity index (χ1v) is 7.94. The Bertz CT molecular complexity index is 531. The van der Waals surface area contributed by atoms with Crippen LogP contribution in [0.4, 0.5) is 5.69 Å². The van der Waals surface area contributed by atoms with Gasteiger partial charge >= 0.3 is 0 Å². The number of fused-ring (bicyclic) bond motifs is 1. The van der Waals surface area contributed by atoms with Gasteiger partial charge in [0.15, 0.2) is 0 Å². The van der Waals surface area contributed by atoms with Crippen LogP contribution in [0.15, 0.2) is 12.3 Å². The molecule has 5 heteroatoms. The van der Waals surface area contributed by atoms with E-state index in [4.69, 9.17) is 0 Å². The summed E-state index contributed by atoms with van der Waals surface area (Å²) in [6.07, 6.45) is 5.21. The maximum atomic E-state index is 12.6. The second-order valence-electron chi connectivity index (χ2n) is 6.02. The van der Waals surface area contributed by atoms with Gasteiger partial charge < -0.3 is 10.6 Å². The van der Waals surface area contributed by atoms with Gasteiger partial charge in [-0.15, -0.1) is 0 Å². The first-order chi connectivity index (χ1) is 10.2. The van der Waals surface area contributed by atoms with Crippen LogP contribution < -0.4 is 10.6 Å². The number of aromatic nitrogens is 1. The Balaban J connectivity index is 1.73. The molecule has 0 aromatic carbocycles. The molecular formula is C16H24N4O. The van der Waals surface area contributed by atoms with E-state index in [0.717, 1.165) is 30.9 Å². The van der Waals surface area contributed by atoms with Crippen LogP contribution >= 0.6 is 0 Å². The second-order valence-corrected chi connectivity index (χ2v) is 6.02. The van der Waals surface area contributed by atoms with E-state index in [2.05, 4.69) is 20.5 Å². The SMILES string of the molecule is CCNc1cc(C)ncc1C(=O)NC1CCN2CCCC12. The number of amides is 1. The normalized spacial score (nSPS) is 24.9. The van der Waals surface area contributed by atoms with Gasteiger partial charge in [-0.1, -0.05) is 0 Å². The lowest BCUT2D eigenvalue weighted by molar-refractivity contribution is 0.0930. The van der Waals surface area contributed by atoms with E-state index in [1.165, 1.54) is 19.4 Å². The second kappa shape index (κ2) is 6.02. The Kier molecular flexibility index (Phi) is 4.10. The number of carbonyl (C=O) groups is 1. The Morgan fingerprint density at radius 1 is 1.43 bits per heavy atom. The maximum Gasteiger partial charge on any atom is 0.255 e. The van der Waals surface area contributed by atoms with Crippen molar-refractivity contribution in [2.75, 3.05) is 25.0 Å². The molecule has 5 nitrogen and oxygen atoms in total. The molecule has 2 aliphatic rings. The monoisotopic (exact) mass is 288 g/mol. The predicted molar refractivity (Wildman–Crippen MR) is 83.6 cm³/mol. The van der Waals surface area contributed by atoms with Gasteiger partial charge in [0.1, 0.15) is 0 Å². The molecule has 2 fully saturated rings. The molecule has 2 atom stereocenters. The van der Waals surface area contributed by atoms with Crippen molar-refractivity contribution in [2.24, 2.45) is 0 Å². The van der Waals surface area contributed by atoms with E-state index in [9.17, 15) is 4.79 Å². The topological polar surface area (TPSA) is 57.3 Å². The molecule has 2 unspecified atom stereocenters. The maximum absolute atomic E-state index is 12.6. The lowest BCUT2D eigenvalue weighted by Crippen LogP contribution is -2.42. The van der Waals surface area contributed by atoms with Gasteiger partial charge in [-0.05, 0) is 45.7 Å². The molecular weight excluding hydrogens is 264 g/mol. The highest BCUT2D eigenvalue weighted by Gasteiger charge is 2.38. The zero-order chi connectivity index (χ0) is 14.8. The highest BCUT2D eigenvalue weighted by molar-refractivity contribution is 5.99. The summed E-state index contributed by atoms with van der Waals surface area (Å²) in [6, 6.07) is 2.76. The standard InChI is InChI=1S/C16H24N4O/c1-3-17-14-9-11(2)18-10-12(14)16(21)19-13-6-8-20-7-4-5-15(13)20/h9-10,13,15H,3-8H2,1-2H3,(H,17,18)(H,19,21). The smallest absolute Gasteiger partial charge is 0.255 e. The van der Waals surface area contributed by atoms with Gasteiger partial charge in [0, 0.05) is 37.1 Å². The summed E-state index contributed by atoms with van der Waals surface area (Å²) in [5, 5.41) is 6.48. The molecule has 0 spiro atoms. The van der Waals surface area contributed by atoms with Crippen molar-refractivity contribution in [1.82, 2.24) is 15.2 Å². The highest BCUT2D eigenvalue weighted by atomic mass is 16.1. The lowest BCUT2D eigenvalue weighted by atomic mass is 10.1. The fourth-order valence-corrected chi connectivity index (χ4v) is 3.57. The molecule has 2 saturated heterocycles. The number of hydrogen-bond acceptors (Lipinski definition) is 4. The number of aryl methyl sites for hydroxylation is 1. The molecule has 2 aliphatic heterocycles. The summed E-state index contributed by atoms with van der Waals surface area (Å²) < 4.78 is 0. The van der Waals surface area contributed by atoms with Crippen LogP contribution in [-0.4, -0.2) is 47.5 Å². The number of pyridine rings is 1. The van der Waals surface area contributed by atoms with E-state index in [1.807, 2.05) is 19.9 Å². The fraction of sp³-hybridized carbons (Fsp3) is 0.625. The molecule has 0 aliphatic carbocycles. The molecule has 0 saturated carbocycles. The predicted octanol–water partition coefficient (Wildman–Crippen LogP) is 1.79. The van der Waals surface area contributed by atoms with Gasteiger partial charge in [0.05, 0.1) is 11.3 Å². The van der Waals surface area contributed by atoms with E-state index >= 15 is 0 Å². The number of nitrogens with one attached hydrogen (secondary N) is 2. The van der Waals surface area contributed by atoms with E-state index in [-0.39, 0.29) is 11.9 Å². The number of anilines is 1. The summed E-state index contributed by atoms with van der Waals surface area (Å²) in [4.78, 5) is 19.4. The number of carbonyl (C=O) groups excluding carboxylic acids is 1. The number of rotatable bonds is 4. The van der Waals surface area contributed by atoms with Crippen molar-refractivity contribution in [3.05, 3.63) is 23.5 Å². The minimum atomic E-state index is -0.00259. The van der Waals surface area contributed by atoms with Crippen LogP contribution in [0, 0.1) is 6.92 Å². The fourth-order valence-electron chi connectivity index (χ4n) is 3.57. The Morgan fingerprint density at radius 2 is 2.29 bits per heavy atom. The molecule has 2 N–H and O–H groups in total. The molecule has 1 aromatic rings. The van der Waals surface area contributed by atoms with Gasteiger partial charge in [0.2, 0.25) is 0 Å². The quantitative estimate of drug-likeness (QED) is 0.887. The van der Waals surface area contributed by atoms with Crippen molar-refractivity contribution in [3.8, 4) is 0 Å². The molecule has 0 radical (unpaired) electrons. The summed E-state index contributed by atoms with van der Waals surface area (Å²) in [7, 11) is 0. The third-order valence-corrected chi connectivity index (χ3v) is 4.58. The Morgan fingerprint density at radius 3 is 3.10 bits per heavy atom. The number of hydrogen-bond donors (Lipinski definition) is 2. The van der Waals surface area contributed by atoms with Crippen molar-refractivity contribution in [3.63, 3.8) is 0 Å². The molecule has 0 bridgehead atoms. The van der Waals surface area contributed by atoms with Crippen molar-refractivity contribution in [2.45, 2.75) is 45.2 Å². The Hall–Kier alpha value is -1.62. The zero-order valence-corrected chi connectivity index (χ0v) is 12.9. The molecule has 114 valence electrons. The zero-order valence-electron chi connectivity index (χ0n) is 12.9. The van der Waals surface area contributed by atoms with Gasteiger partial charge in [-0.25, -0.2) is 0 Å². The molecule has 1 amide bonds. The third kappa shape index (κ3) is 2.88. The lowest BCUT2D eigenvalue weighted by Gasteiger charge is -2.22. The minimum Gasteiger partial charge on any atom is -0.385 e. The summed E-state index contributed by atoms with van der Waals surface area (Å²) in [5.41, 5.74) is 2.45. The number of nitrogens with zero attached hydrogens (tertiary/aromatic N) is 2. The van der Waals surface area contributed by atoms with E-state index in [0.29, 0.717) is 11.6 Å². The van der Waals surface area contributed by atoms with Gasteiger partial charge in [-0.3, -0.25) is 14.7 Å². The van der Waals surface area contributed by atoms with Crippen LogP contribution in [0.25, 0.3) is 0 Å². The first-order valence-electron chi connectivity index (χ1n) is 7.94. The van der Waals surface area contributed by atoms with Crippen molar-refractivity contribution < 1.29 is 4.79 Å². The summed E-state index contributed by atoms with van der Waals surface area (Å²) >= 11 is 0. The average Bonchev–Trinajstić information content (AvgIpc) is 3.04. The average molecular weight is 288 g/mol. The van der Waals surface area contributed by atoms with Crippen LogP contribution in [-0.2, 0) is 0 Å². The highest BCUT2D eigenvalue weighted by Crippen LogP contribution is 2.28. The van der Waals surface area contributed by atoms with Crippen LogP contribution in [0.3, 0.4) is 0 Å². The summed E-state index contributed by atoms with van der Waals surface area (Å²) in [6.45, 7) is 7.07.